The molecule has 3 aliphatic heterocycles. The smallest absolute Gasteiger partial charge is 0.260 e. The number of benzene rings is 1. The van der Waals surface area contributed by atoms with Gasteiger partial charge in [-0.15, -0.1) is 10.2 Å². The number of alkyl halides is 2. The number of carbonyl (C=O) groups is 1. The molecule has 9 heteroatoms. The monoisotopic (exact) mass is 528 g/mol. The first-order chi connectivity index (χ1) is 18.1. The van der Waals surface area contributed by atoms with Gasteiger partial charge >= 0.3 is 0 Å². The van der Waals surface area contributed by atoms with Gasteiger partial charge in [-0.2, -0.15) is 0 Å². The number of hydrogen-bond acceptors (Lipinski definition) is 5. The first-order valence-electron chi connectivity index (χ1n) is 14.2. The largest absolute Gasteiger partial charge is 0.348 e. The molecule has 1 N–H and O–H groups in total. The molecule has 0 radical (unpaired) electrons. The van der Waals surface area contributed by atoms with Crippen LogP contribution in [0.4, 0.5) is 8.78 Å². The second-order valence-electron chi connectivity index (χ2n) is 12.0. The number of rotatable bonds is 8. The van der Waals surface area contributed by atoms with Crippen molar-refractivity contribution in [2.45, 2.75) is 108 Å². The van der Waals surface area contributed by atoms with Crippen LogP contribution in [0.2, 0.25) is 0 Å². The molecule has 4 atom stereocenters. The highest BCUT2D eigenvalue weighted by Gasteiger charge is 2.43. The molecule has 5 rings (SSSR count). The zero-order valence-electron chi connectivity index (χ0n) is 23.1. The Hall–Kier alpha value is -2.39. The lowest BCUT2D eigenvalue weighted by Crippen LogP contribution is -2.53. The van der Waals surface area contributed by atoms with Gasteiger partial charge in [0.25, 0.3) is 5.92 Å². The Kier molecular flexibility index (Phi) is 7.87. The molecule has 4 heterocycles. The lowest BCUT2D eigenvalue weighted by atomic mass is 9.94. The molecule has 0 saturated carbocycles. The Labute approximate surface area is 225 Å². The summed E-state index contributed by atoms with van der Waals surface area (Å²) in [6, 6.07) is 10.8. The van der Waals surface area contributed by atoms with E-state index < -0.39 is 12.0 Å². The van der Waals surface area contributed by atoms with Crippen molar-refractivity contribution < 1.29 is 13.6 Å². The number of halogens is 2. The fraction of sp³-hybridized carbons (Fsp3) is 0.690. The Balaban J connectivity index is 1.25. The van der Waals surface area contributed by atoms with E-state index in [1.807, 2.05) is 30.3 Å². The van der Waals surface area contributed by atoms with Crippen molar-refractivity contribution in [1.29, 1.82) is 0 Å². The van der Waals surface area contributed by atoms with Gasteiger partial charge in [0.2, 0.25) is 5.91 Å². The van der Waals surface area contributed by atoms with Gasteiger partial charge in [-0.25, -0.2) is 8.78 Å². The van der Waals surface area contributed by atoms with Gasteiger partial charge in [0.15, 0.2) is 0 Å². The van der Waals surface area contributed by atoms with Crippen molar-refractivity contribution in [3.63, 3.8) is 0 Å². The third-order valence-corrected chi connectivity index (χ3v) is 8.93. The maximum Gasteiger partial charge on any atom is 0.260 e. The van der Waals surface area contributed by atoms with Crippen LogP contribution in [0.3, 0.4) is 0 Å². The molecule has 4 unspecified atom stereocenters. The first-order valence-corrected chi connectivity index (χ1v) is 14.2. The SMILES string of the molecule is Cc1nnc(C(C)C)n1C1CC2CCC(C1)N2CCC(NC(=O)C1CCC(F)(F)CN1C)c1ccccc1. The molecule has 7 nitrogen and oxygen atoms in total. The summed E-state index contributed by atoms with van der Waals surface area (Å²) in [4.78, 5) is 17.4. The molecular weight excluding hydrogens is 486 g/mol. The maximum atomic E-state index is 13.8. The molecule has 2 bridgehead atoms. The van der Waals surface area contributed by atoms with Crippen molar-refractivity contribution in [2.24, 2.45) is 0 Å². The predicted octanol–water partition coefficient (Wildman–Crippen LogP) is 4.85. The van der Waals surface area contributed by atoms with E-state index in [0.717, 1.165) is 43.0 Å². The topological polar surface area (TPSA) is 66.3 Å². The van der Waals surface area contributed by atoms with Gasteiger partial charge < -0.3 is 9.88 Å². The highest BCUT2D eigenvalue weighted by Crippen LogP contribution is 2.42. The Bertz CT molecular complexity index is 1090. The summed E-state index contributed by atoms with van der Waals surface area (Å²) in [5.74, 6) is -0.447. The molecule has 1 aromatic carbocycles. The summed E-state index contributed by atoms with van der Waals surface area (Å²) >= 11 is 0. The second-order valence-corrected chi connectivity index (χ2v) is 12.0. The van der Waals surface area contributed by atoms with Crippen molar-refractivity contribution in [2.75, 3.05) is 20.1 Å². The highest BCUT2D eigenvalue weighted by molar-refractivity contribution is 5.82. The predicted molar refractivity (Wildman–Crippen MR) is 143 cm³/mol. The lowest BCUT2D eigenvalue weighted by molar-refractivity contribution is -0.134. The van der Waals surface area contributed by atoms with Crippen molar-refractivity contribution in [3.8, 4) is 0 Å². The van der Waals surface area contributed by atoms with Crippen LogP contribution in [0.5, 0.6) is 0 Å². The van der Waals surface area contributed by atoms with E-state index >= 15 is 0 Å². The summed E-state index contributed by atoms with van der Waals surface area (Å²) in [6.45, 7) is 6.95. The number of amides is 1. The van der Waals surface area contributed by atoms with Gasteiger partial charge in [-0.1, -0.05) is 44.2 Å². The highest BCUT2D eigenvalue weighted by atomic mass is 19.3. The fourth-order valence-electron chi connectivity index (χ4n) is 7.06. The summed E-state index contributed by atoms with van der Waals surface area (Å²) in [5, 5.41) is 12.1. The van der Waals surface area contributed by atoms with Crippen LogP contribution in [-0.4, -0.2) is 74.7 Å². The minimum atomic E-state index is -2.73. The number of carbonyl (C=O) groups excluding carboxylic acids is 1. The number of likely N-dealkylation sites (N-methyl/N-ethyl adjacent to an activating group) is 1. The zero-order chi connectivity index (χ0) is 27.0. The van der Waals surface area contributed by atoms with Crippen molar-refractivity contribution in [3.05, 3.63) is 47.5 Å². The number of aromatic nitrogens is 3. The lowest BCUT2D eigenvalue weighted by Gasteiger charge is -2.41. The normalized spacial score (nSPS) is 28.5. The Morgan fingerprint density at radius 1 is 1.08 bits per heavy atom. The van der Waals surface area contributed by atoms with Gasteiger partial charge in [0.05, 0.1) is 18.6 Å². The number of piperidine rings is 2. The number of aryl methyl sites for hydroxylation is 1. The van der Waals surface area contributed by atoms with E-state index in [0.29, 0.717) is 24.0 Å². The number of fused-ring (bicyclic) bond motifs is 2. The van der Waals surface area contributed by atoms with E-state index in [9.17, 15) is 13.6 Å². The van der Waals surface area contributed by atoms with Crippen molar-refractivity contribution >= 4 is 5.91 Å². The van der Waals surface area contributed by atoms with E-state index in [2.05, 4.69) is 45.8 Å². The molecule has 1 amide bonds. The number of hydrogen-bond donors (Lipinski definition) is 1. The van der Waals surface area contributed by atoms with Gasteiger partial charge in [-0.3, -0.25) is 14.6 Å². The zero-order valence-corrected chi connectivity index (χ0v) is 23.1. The molecule has 1 aromatic heterocycles. The standard InChI is InChI=1S/C29H42F2N6O/c1-19(2)27-34-33-20(3)37(27)24-16-22-10-11-23(17-24)36(22)15-13-25(21-8-6-5-7-9-21)32-28(38)26-12-14-29(30,31)18-35(26)4/h5-9,19,22-26H,10-18H2,1-4H3,(H,32,38). The molecular formula is C29H42F2N6O. The van der Waals surface area contributed by atoms with E-state index in [4.69, 9.17) is 0 Å². The Morgan fingerprint density at radius 3 is 2.39 bits per heavy atom. The molecule has 3 fully saturated rings. The third kappa shape index (κ3) is 5.64. The number of nitrogens with zero attached hydrogens (tertiary/aromatic N) is 5. The fourth-order valence-corrected chi connectivity index (χ4v) is 7.06. The second kappa shape index (κ2) is 11.0. The van der Waals surface area contributed by atoms with Gasteiger partial charge in [0.1, 0.15) is 11.6 Å². The van der Waals surface area contributed by atoms with Crippen LogP contribution in [0.1, 0.15) is 94.0 Å². The first kappa shape index (κ1) is 27.2. The average molecular weight is 529 g/mol. The quantitative estimate of drug-likeness (QED) is 0.530. The summed E-state index contributed by atoms with van der Waals surface area (Å²) < 4.78 is 30.1. The maximum absolute atomic E-state index is 13.8. The molecule has 0 aliphatic carbocycles. The molecule has 38 heavy (non-hydrogen) atoms. The summed E-state index contributed by atoms with van der Waals surface area (Å²) in [5.41, 5.74) is 1.06. The summed E-state index contributed by atoms with van der Waals surface area (Å²) in [6.07, 6.45) is 5.31. The van der Waals surface area contributed by atoms with Crippen LogP contribution in [0.15, 0.2) is 30.3 Å². The van der Waals surface area contributed by atoms with Crippen molar-refractivity contribution in [1.82, 2.24) is 29.9 Å². The van der Waals surface area contributed by atoms with E-state index in [-0.39, 0.29) is 31.3 Å². The number of nitrogens with one attached hydrogen (secondary N) is 1. The molecule has 0 spiro atoms. The van der Waals surface area contributed by atoms with E-state index in [1.165, 1.54) is 17.7 Å². The summed E-state index contributed by atoms with van der Waals surface area (Å²) in [7, 11) is 1.62. The van der Waals surface area contributed by atoms with Crippen LogP contribution >= 0.6 is 0 Å². The van der Waals surface area contributed by atoms with Crippen LogP contribution in [0, 0.1) is 6.92 Å². The van der Waals surface area contributed by atoms with Crippen LogP contribution in [0.25, 0.3) is 0 Å². The molecule has 3 aliphatic rings. The number of likely N-dealkylation sites (tertiary alicyclic amines) is 1. The minimum absolute atomic E-state index is 0.149. The molecule has 2 aromatic rings. The van der Waals surface area contributed by atoms with Gasteiger partial charge in [-0.05, 0) is 58.1 Å². The van der Waals surface area contributed by atoms with Crippen LogP contribution in [-0.2, 0) is 4.79 Å². The molecule has 208 valence electrons. The average Bonchev–Trinajstić information content (AvgIpc) is 3.37. The Morgan fingerprint density at radius 2 is 1.76 bits per heavy atom. The van der Waals surface area contributed by atoms with E-state index in [1.54, 1.807) is 7.05 Å². The third-order valence-electron chi connectivity index (χ3n) is 8.93. The van der Waals surface area contributed by atoms with Gasteiger partial charge in [0, 0.05) is 37.0 Å². The molecule has 3 saturated heterocycles. The minimum Gasteiger partial charge on any atom is -0.348 e. The van der Waals surface area contributed by atoms with Crippen LogP contribution < -0.4 is 5.32 Å².